The molecule has 1 aromatic heterocycles. The molecule has 3 atom stereocenters. The normalized spacial score (nSPS) is 31.1. The van der Waals surface area contributed by atoms with Gasteiger partial charge in [0.25, 0.3) is 0 Å². The van der Waals surface area contributed by atoms with Crippen LogP contribution < -0.4 is 4.90 Å². The first-order valence-electron chi connectivity index (χ1n) is 21.4. The van der Waals surface area contributed by atoms with Gasteiger partial charge in [0, 0.05) is 38.5 Å². The van der Waals surface area contributed by atoms with Gasteiger partial charge in [0.15, 0.2) is 0 Å². The third-order valence-corrected chi connectivity index (χ3v) is 16.7. The second-order valence-electron chi connectivity index (χ2n) is 18.9. The summed E-state index contributed by atoms with van der Waals surface area (Å²) in [6, 6.07) is 49.5. The molecule has 6 bridgehead atoms. The van der Waals surface area contributed by atoms with Crippen molar-refractivity contribution in [2.24, 2.45) is 35.5 Å². The Morgan fingerprint density at radius 2 is 1.15 bits per heavy atom. The van der Waals surface area contributed by atoms with Crippen LogP contribution in [0.2, 0.25) is 0 Å². The van der Waals surface area contributed by atoms with E-state index in [2.05, 4.69) is 132 Å². The molecule has 6 fully saturated rings. The smallest absolute Gasteiger partial charge is 0.135 e. The number of hydrogen-bond acceptors (Lipinski definition) is 2. The van der Waals surface area contributed by atoms with Gasteiger partial charge in [0.2, 0.25) is 0 Å². The van der Waals surface area contributed by atoms with Crippen LogP contribution in [0.5, 0.6) is 0 Å². The summed E-state index contributed by atoms with van der Waals surface area (Å²) >= 11 is 0. The van der Waals surface area contributed by atoms with Gasteiger partial charge in [0.05, 0.1) is 5.69 Å². The zero-order valence-corrected chi connectivity index (χ0v) is 31.3. The molecule has 8 aliphatic carbocycles. The summed E-state index contributed by atoms with van der Waals surface area (Å²) in [5, 5.41) is 2.36. The van der Waals surface area contributed by atoms with E-state index >= 15 is 0 Å². The number of anilines is 3. The Morgan fingerprint density at radius 1 is 0.473 bits per heavy atom. The van der Waals surface area contributed by atoms with E-state index in [9.17, 15) is 0 Å². The SMILES string of the molecule is c1ccc2c(c1)-c1ccc(N(c3ccc4oc5ccccc5c4c3)c3cccc4c3-c3ccccc3C43C4CC5CC(C4)CC3C5)cc1C21CC2CCC1C2. The van der Waals surface area contributed by atoms with Crippen LogP contribution in [0.15, 0.2) is 132 Å². The number of para-hydroxylation sites is 1. The first-order valence-corrected chi connectivity index (χ1v) is 21.4. The molecule has 6 saturated carbocycles. The van der Waals surface area contributed by atoms with E-state index in [-0.39, 0.29) is 10.8 Å². The molecule has 0 saturated heterocycles. The molecule has 0 amide bonds. The molecule has 2 nitrogen and oxygen atoms in total. The van der Waals surface area contributed by atoms with Crippen molar-refractivity contribution in [1.29, 1.82) is 0 Å². The van der Waals surface area contributed by atoms with Crippen molar-refractivity contribution in [2.75, 3.05) is 4.90 Å². The zero-order chi connectivity index (χ0) is 35.6. The maximum atomic E-state index is 6.42. The molecule has 6 aromatic carbocycles. The molecule has 268 valence electrons. The van der Waals surface area contributed by atoms with Crippen molar-refractivity contribution in [2.45, 2.75) is 68.6 Å². The quantitative estimate of drug-likeness (QED) is 0.181. The number of nitrogens with zero attached hydrogens (tertiary/aromatic N) is 1. The lowest BCUT2D eigenvalue weighted by molar-refractivity contribution is -0.0399. The van der Waals surface area contributed by atoms with Gasteiger partial charge in [-0.05, 0) is 168 Å². The van der Waals surface area contributed by atoms with Crippen molar-refractivity contribution >= 4 is 39.0 Å². The van der Waals surface area contributed by atoms with Crippen LogP contribution >= 0.6 is 0 Å². The predicted molar refractivity (Wildman–Crippen MR) is 223 cm³/mol. The largest absolute Gasteiger partial charge is 0.456 e. The molecule has 0 aliphatic heterocycles. The van der Waals surface area contributed by atoms with Crippen LogP contribution in [0, 0.1) is 35.5 Å². The van der Waals surface area contributed by atoms with E-state index in [0.29, 0.717) is 0 Å². The Morgan fingerprint density at radius 3 is 1.96 bits per heavy atom. The molecule has 8 aliphatic rings. The number of furan rings is 1. The molecule has 15 rings (SSSR count). The van der Waals surface area contributed by atoms with E-state index in [1.165, 1.54) is 108 Å². The summed E-state index contributed by atoms with van der Waals surface area (Å²) < 4.78 is 6.42. The fourth-order valence-corrected chi connectivity index (χ4v) is 15.2. The minimum Gasteiger partial charge on any atom is -0.456 e. The van der Waals surface area contributed by atoms with Gasteiger partial charge in [-0.3, -0.25) is 0 Å². The van der Waals surface area contributed by atoms with Crippen molar-refractivity contribution in [1.82, 2.24) is 0 Å². The molecule has 2 spiro atoms. The molecule has 1 heterocycles. The highest BCUT2D eigenvalue weighted by Crippen LogP contribution is 2.71. The monoisotopic (exact) mass is 711 g/mol. The number of rotatable bonds is 3. The average Bonchev–Trinajstić information content (AvgIpc) is 4.04. The van der Waals surface area contributed by atoms with E-state index in [1.807, 2.05) is 0 Å². The maximum absolute atomic E-state index is 6.42. The van der Waals surface area contributed by atoms with Gasteiger partial charge >= 0.3 is 0 Å². The minimum atomic E-state index is 0.122. The fraction of sp³-hybridized carbons (Fsp3) is 0.321. The van der Waals surface area contributed by atoms with E-state index in [4.69, 9.17) is 4.42 Å². The van der Waals surface area contributed by atoms with Crippen LogP contribution in [0.1, 0.15) is 80.0 Å². The fourth-order valence-electron chi connectivity index (χ4n) is 15.2. The van der Waals surface area contributed by atoms with Crippen LogP contribution in [0.3, 0.4) is 0 Å². The van der Waals surface area contributed by atoms with Gasteiger partial charge in [-0.2, -0.15) is 0 Å². The average molecular weight is 712 g/mol. The van der Waals surface area contributed by atoms with E-state index < -0.39 is 0 Å². The Kier molecular flexibility index (Phi) is 5.71. The van der Waals surface area contributed by atoms with Crippen molar-refractivity contribution in [3.8, 4) is 22.3 Å². The van der Waals surface area contributed by atoms with Gasteiger partial charge in [-0.15, -0.1) is 0 Å². The molecule has 7 aromatic rings. The third kappa shape index (κ3) is 3.64. The lowest BCUT2D eigenvalue weighted by Crippen LogP contribution is -2.55. The molecule has 0 radical (unpaired) electrons. The van der Waals surface area contributed by atoms with Gasteiger partial charge in [-0.1, -0.05) is 91.3 Å². The minimum absolute atomic E-state index is 0.122. The van der Waals surface area contributed by atoms with Gasteiger partial charge in [-0.25, -0.2) is 0 Å². The van der Waals surface area contributed by atoms with Crippen LogP contribution in [-0.4, -0.2) is 0 Å². The van der Waals surface area contributed by atoms with E-state index in [0.717, 1.165) is 46.7 Å². The summed E-state index contributed by atoms with van der Waals surface area (Å²) in [6.45, 7) is 0. The van der Waals surface area contributed by atoms with Crippen molar-refractivity contribution in [3.05, 3.63) is 150 Å². The summed E-state index contributed by atoms with van der Waals surface area (Å²) in [7, 11) is 0. The first-order chi connectivity index (χ1) is 27.2. The Balaban J connectivity index is 1.04. The summed E-state index contributed by atoms with van der Waals surface area (Å²) in [4.78, 5) is 2.65. The topological polar surface area (TPSA) is 16.4 Å². The molecule has 2 heteroatoms. The number of benzene rings is 6. The number of hydrogen-bond donors (Lipinski definition) is 0. The highest BCUT2D eigenvalue weighted by molar-refractivity contribution is 6.07. The lowest BCUT2D eigenvalue weighted by Gasteiger charge is -2.61. The van der Waals surface area contributed by atoms with Crippen LogP contribution in [-0.2, 0) is 10.8 Å². The Bertz CT molecular complexity index is 2760. The molecule has 3 unspecified atom stereocenters. The standard InChI is InChI=1S/C53H45NO/c1-4-11-44-39(8-1)40-20-18-38(29-47(40)52(44)30-31-16-17-34(52)23-31)54(37-19-21-50-43(28-37)41-9-3-6-15-49(41)55-50)48-14-7-13-46-51(48)42-10-2-5-12-45(42)53(46)35-24-32-22-33(26-35)27-36(53)25-32/h1-15,18-21,28-29,31-36H,16-17,22-27,30H2. The second-order valence-corrected chi connectivity index (χ2v) is 18.9. The predicted octanol–water partition coefficient (Wildman–Crippen LogP) is 13.9. The molecule has 55 heavy (non-hydrogen) atoms. The highest BCUT2D eigenvalue weighted by atomic mass is 16.3. The third-order valence-electron chi connectivity index (χ3n) is 16.7. The van der Waals surface area contributed by atoms with Gasteiger partial charge < -0.3 is 9.32 Å². The van der Waals surface area contributed by atoms with Crippen LogP contribution in [0.25, 0.3) is 44.2 Å². The van der Waals surface area contributed by atoms with Crippen molar-refractivity contribution in [3.63, 3.8) is 0 Å². The Hall–Kier alpha value is -5.08. The first kappa shape index (κ1) is 30.2. The van der Waals surface area contributed by atoms with Crippen molar-refractivity contribution < 1.29 is 4.42 Å². The highest BCUT2D eigenvalue weighted by Gasteiger charge is 2.62. The summed E-state index contributed by atoms with van der Waals surface area (Å²) in [5.74, 6) is 4.89. The molecular weight excluding hydrogens is 667 g/mol. The van der Waals surface area contributed by atoms with E-state index in [1.54, 1.807) is 22.3 Å². The second kappa shape index (κ2) is 10.4. The Labute approximate surface area is 323 Å². The molecule has 0 N–H and O–H groups in total. The number of fused-ring (bicyclic) bond motifs is 14. The summed E-state index contributed by atoms with van der Waals surface area (Å²) in [6.07, 6.45) is 12.5. The lowest BCUT2D eigenvalue weighted by atomic mass is 9.43. The molecular formula is C53H45NO. The summed E-state index contributed by atoms with van der Waals surface area (Å²) in [5.41, 5.74) is 18.2. The van der Waals surface area contributed by atoms with Crippen LogP contribution in [0.4, 0.5) is 17.1 Å². The maximum Gasteiger partial charge on any atom is 0.135 e. The zero-order valence-electron chi connectivity index (χ0n) is 31.3. The van der Waals surface area contributed by atoms with Gasteiger partial charge in [0.1, 0.15) is 11.2 Å².